The number of carbonyl (C=O) groups is 2. The van der Waals surface area contributed by atoms with Crippen LogP contribution in [0.4, 0.5) is 28.9 Å². The number of amides is 2. The van der Waals surface area contributed by atoms with Gasteiger partial charge in [0.1, 0.15) is 5.82 Å². The van der Waals surface area contributed by atoms with Crippen LogP contribution in [0.15, 0.2) is 42.5 Å². The average Bonchev–Trinajstić information content (AvgIpc) is 2.99. The molecule has 0 unspecified atom stereocenters. The van der Waals surface area contributed by atoms with E-state index >= 15 is 0 Å². The SMILES string of the molecule is Cc1cc(F)ccc1NC(=O)[C@@H]1CC(=O)N(c2cccc(C(F)(F)F)c2)C1. The van der Waals surface area contributed by atoms with Gasteiger partial charge in [0.25, 0.3) is 0 Å². The molecule has 142 valence electrons. The first-order valence-electron chi connectivity index (χ1n) is 8.20. The van der Waals surface area contributed by atoms with Gasteiger partial charge in [-0.1, -0.05) is 6.07 Å². The summed E-state index contributed by atoms with van der Waals surface area (Å²) in [5, 5.41) is 2.64. The van der Waals surface area contributed by atoms with E-state index in [0.29, 0.717) is 11.3 Å². The van der Waals surface area contributed by atoms with Crippen LogP contribution >= 0.6 is 0 Å². The lowest BCUT2D eigenvalue weighted by molar-refractivity contribution is -0.137. The lowest BCUT2D eigenvalue weighted by Crippen LogP contribution is -2.28. The summed E-state index contributed by atoms with van der Waals surface area (Å²) < 4.78 is 51.8. The largest absolute Gasteiger partial charge is 0.416 e. The molecule has 0 radical (unpaired) electrons. The van der Waals surface area contributed by atoms with Crippen LogP contribution in [0.5, 0.6) is 0 Å². The van der Waals surface area contributed by atoms with Crippen molar-refractivity contribution in [2.24, 2.45) is 5.92 Å². The molecule has 1 N–H and O–H groups in total. The summed E-state index contributed by atoms with van der Waals surface area (Å²) in [6.07, 6.45) is -4.63. The molecule has 0 aromatic heterocycles. The maximum absolute atomic E-state index is 13.1. The molecule has 0 saturated carbocycles. The number of hydrogen-bond donors (Lipinski definition) is 1. The molecule has 2 amide bonds. The third-order valence-electron chi connectivity index (χ3n) is 4.43. The van der Waals surface area contributed by atoms with E-state index in [4.69, 9.17) is 0 Å². The summed E-state index contributed by atoms with van der Waals surface area (Å²) in [6.45, 7) is 1.61. The van der Waals surface area contributed by atoms with Crippen LogP contribution in [0.2, 0.25) is 0 Å². The van der Waals surface area contributed by atoms with E-state index in [1.807, 2.05) is 0 Å². The molecule has 27 heavy (non-hydrogen) atoms. The Kier molecular flexibility index (Phi) is 4.91. The van der Waals surface area contributed by atoms with Gasteiger partial charge in [-0.25, -0.2) is 4.39 Å². The number of nitrogens with zero attached hydrogens (tertiary/aromatic N) is 1. The summed E-state index contributed by atoms with van der Waals surface area (Å²) in [5.41, 5.74) is 0.194. The third kappa shape index (κ3) is 4.10. The van der Waals surface area contributed by atoms with E-state index in [9.17, 15) is 27.2 Å². The van der Waals surface area contributed by atoms with Crippen LogP contribution in [0.1, 0.15) is 17.5 Å². The van der Waals surface area contributed by atoms with Crippen molar-refractivity contribution in [2.45, 2.75) is 19.5 Å². The third-order valence-corrected chi connectivity index (χ3v) is 4.43. The standard InChI is InChI=1S/C19H16F4N2O2/c1-11-7-14(20)5-6-16(11)24-18(27)12-8-17(26)25(10-12)15-4-2-3-13(9-15)19(21,22)23/h2-7,9,12H,8,10H2,1H3,(H,24,27)/t12-/m1/s1. The highest BCUT2D eigenvalue weighted by Crippen LogP contribution is 2.33. The molecule has 0 aliphatic carbocycles. The van der Waals surface area contributed by atoms with Gasteiger partial charge < -0.3 is 10.2 Å². The lowest BCUT2D eigenvalue weighted by atomic mass is 10.1. The molecule has 4 nitrogen and oxygen atoms in total. The Morgan fingerprint density at radius 1 is 1.19 bits per heavy atom. The summed E-state index contributed by atoms with van der Waals surface area (Å²) in [5.74, 6) is -2.01. The number of benzene rings is 2. The van der Waals surface area contributed by atoms with Gasteiger partial charge in [-0.3, -0.25) is 9.59 Å². The zero-order valence-electron chi connectivity index (χ0n) is 14.3. The van der Waals surface area contributed by atoms with Gasteiger partial charge in [-0.15, -0.1) is 0 Å². The van der Waals surface area contributed by atoms with Crippen LogP contribution < -0.4 is 10.2 Å². The molecule has 8 heteroatoms. The minimum Gasteiger partial charge on any atom is -0.326 e. The summed E-state index contributed by atoms with van der Waals surface area (Å²) >= 11 is 0. The van der Waals surface area contributed by atoms with E-state index < -0.39 is 35.3 Å². The molecule has 2 aromatic carbocycles. The quantitative estimate of drug-likeness (QED) is 0.814. The van der Waals surface area contributed by atoms with E-state index in [0.717, 1.165) is 12.1 Å². The Morgan fingerprint density at radius 2 is 1.93 bits per heavy atom. The number of carbonyl (C=O) groups excluding carboxylic acids is 2. The van der Waals surface area contributed by atoms with Crippen molar-refractivity contribution in [3.05, 3.63) is 59.4 Å². The van der Waals surface area contributed by atoms with Crippen molar-refractivity contribution < 1.29 is 27.2 Å². The van der Waals surface area contributed by atoms with E-state index in [-0.39, 0.29) is 18.7 Å². The van der Waals surface area contributed by atoms with Gasteiger partial charge in [0.15, 0.2) is 0 Å². The molecule has 0 spiro atoms. The number of anilines is 2. The van der Waals surface area contributed by atoms with Crippen molar-refractivity contribution in [3.8, 4) is 0 Å². The first-order valence-corrected chi connectivity index (χ1v) is 8.20. The zero-order chi connectivity index (χ0) is 19.8. The first kappa shape index (κ1) is 18.9. The minimum absolute atomic E-state index is 0.0216. The van der Waals surface area contributed by atoms with E-state index in [1.165, 1.54) is 35.2 Å². The smallest absolute Gasteiger partial charge is 0.326 e. The molecular weight excluding hydrogens is 364 g/mol. The number of hydrogen-bond acceptors (Lipinski definition) is 2. The highest BCUT2D eigenvalue weighted by molar-refractivity contribution is 6.03. The lowest BCUT2D eigenvalue weighted by Gasteiger charge is -2.18. The normalized spacial score (nSPS) is 17.3. The van der Waals surface area contributed by atoms with Crippen LogP contribution in [0.25, 0.3) is 0 Å². The van der Waals surface area contributed by atoms with E-state index in [1.54, 1.807) is 6.92 Å². The van der Waals surface area contributed by atoms with Gasteiger partial charge in [-0.05, 0) is 48.9 Å². The highest BCUT2D eigenvalue weighted by Gasteiger charge is 2.37. The number of nitrogens with one attached hydrogen (secondary N) is 1. The maximum Gasteiger partial charge on any atom is 0.416 e. The second-order valence-corrected chi connectivity index (χ2v) is 6.40. The number of aryl methyl sites for hydroxylation is 1. The van der Waals surface area contributed by atoms with E-state index in [2.05, 4.69) is 5.32 Å². The fourth-order valence-corrected chi connectivity index (χ4v) is 2.98. The second-order valence-electron chi connectivity index (χ2n) is 6.40. The van der Waals surface area contributed by atoms with Gasteiger partial charge in [-0.2, -0.15) is 13.2 Å². The Bertz CT molecular complexity index is 896. The van der Waals surface area contributed by atoms with Crippen LogP contribution in [-0.2, 0) is 15.8 Å². The molecule has 1 heterocycles. The molecule has 1 atom stereocenters. The van der Waals surface area contributed by atoms with Gasteiger partial charge in [0, 0.05) is 24.3 Å². The van der Waals surface area contributed by atoms with Crippen LogP contribution in [-0.4, -0.2) is 18.4 Å². The topological polar surface area (TPSA) is 49.4 Å². The van der Waals surface area contributed by atoms with Gasteiger partial charge in [0.05, 0.1) is 11.5 Å². The Morgan fingerprint density at radius 3 is 2.59 bits per heavy atom. The summed E-state index contributed by atoms with van der Waals surface area (Å²) in [6, 6.07) is 8.33. The molecule has 1 aliphatic rings. The van der Waals surface area contributed by atoms with Crippen LogP contribution in [0, 0.1) is 18.7 Å². The second kappa shape index (κ2) is 7.02. The Balaban J connectivity index is 1.74. The van der Waals surface area contributed by atoms with Crippen LogP contribution in [0.3, 0.4) is 0 Å². The Labute approximate surface area is 152 Å². The fraction of sp³-hybridized carbons (Fsp3) is 0.263. The zero-order valence-corrected chi connectivity index (χ0v) is 14.3. The van der Waals surface area contributed by atoms with Crippen molar-refractivity contribution >= 4 is 23.2 Å². The molecule has 1 aliphatic heterocycles. The molecule has 1 fully saturated rings. The van der Waals surface area contributed by atoms with Gasteiger partial charge >= 0.3 is 6.18 Å². The molecule has 2 aromatic rings. The maximum atomic E-state index is 13.1. The number of halogens is 4. The van der Waals surface area contributed by atoms with Gasteiger partial charge in [0.2, 0.25) is 11.8 Å². The number of rotatable bonds is 3. The number of alkyl halides is 3. The molecule has 0 bridgehead atoms. The molecule has 1 saturated heterocycles. The van der Waals surface area contributed by atoms with Crippen molar-refractivity contribution in [2.75, 3.05) is 16.8 Å². The predicted molar refractivity (Wildman–Crippen MR) is 91.7 cm³/mol. The molecular formula is C19H16F4N2O2. The van der Waals surface area contributed by atoms with Crippen molar-refractivity contribution in [1.29, 1.82) is 0 Å². The summed E-state index contributed by atoms with van der Waals surface area (Å²) in [7, 11) is 0. The fourth-order valence-electron chi connectivity index (χ4n) is 2.98. The van der Waals surface area contributed by atoms with Crippen molar-refractivity contribution in [1.82, 2.24) is 0 Å². The Hall–Kier alpha value is -2.90. The first-order chi connectivity index (χ1) is 12.6. The monoisotopic (exact) mass is 380 g/mol. The predicted octanol–water partition coefficient (Wildman–Crippen LogP) is 4.14. The highest BCUT2D eigenvalue weighted by atomic mass is 19.4. The molecule has 3 rings (SSSR count). The average molecular weight is 380 g/mol. The minimum atomic E-state index is -4.52. The summed E-state index contributed by atoms with van der Waals surface area (Å²) in [4.78, 5) is 25.8. The van der Waals surface area contributed by atoms with Crippen molar-refractivity contribution in [3.63, 3.8) is 0 Å².